The summed E-state index contributed by atoms with van der Waals surface area (Å²) in [6.07, 6.45) is -0.109. The van der Waals surface area contributed by atoms with Crippen LogP contribution in [0.15, 0.2) is 42.5 Å². The molecule has 1 aliphatic rings. The van der Waals surface area contributed by atoms with Crippen LogP contribution >= 0.6 is 34.8 Å². The summed E-state index contributed by atoms with van der Waals surface area (Å²) in [5.74, 6) is 0.0146. The Kier molecular flexibility index (Phi) is 4.97. The highest BCUT2D eigenvalue weighted by Gasteiger charge is 2.35. The lowest BCUT2D eigenvalue weighted by atomic mass is 10.2. The monoisotopic (exact) mass is 435 g/mol. The van der Waals surface area contributed by atoms with Crippen LogP contribution in [0.5, 0.6) is 0 Å². The molecule has 2 amide bonds. The number of carbonyl (C=O) groups is 2. The van der Waals surface area contributed by atoms with Crippen molar-refractivity contribution < 1.29 is 9.59 Å². The van der Waals surface area contributed by atoms with Crippen LogP contribution in [-0.2, 0) is 9.59 Å². The van der Waals surface area contributed by atoms with Gasteiger partial charge in [-0.3, -0.25) is 14.9 Å². The normalized spacial score (nSPS) is 15.2. The van der Waals surface area contributed by atoms with Gasteiger partial charge in [-0.25, -0.2) is 4.68 Å². The Morgan fingerprint density at radius 3 is 2.57 bits per heavy atom. The van der Waals surface area contributed by atoms with Crippen LogP contribution in [0.1, 0.15) is 12.5 Å². The molecule has 0 saturated heterocycles. The fourth-order valence-corrected chi connectivity index (χ4v) is 3.22. The summed E-state index contributed by atoms with van der Waals surface area (Å²) < 4.78 is 1.42. The van der Waals surface area contributed by atoms with Gasteiger partial charge in [-0.05, 0) is 42.5 Å². The number of nitrogens with one attached hydrogen (secondary N) is 2. The Bertz CT molecular complexity index is 1080. The molecule has 7 nitrogen and oxygen atoms in total. The minimum absolute atomic E-state index is 0.109. The number of rotatable bonds is 4. The smallest absolute Gasteiger partial charge is 0.252 e. The minimum Gasteiger partial charge on any atom is -0.326 e. The predicted molar refractivity (Wildman–Crippen MR) is 108 cm³/mol. The van der Waals surface area contributed by atoms with Crippen LogP contribution in [0.3, 0.4) is 0 Å². The number of benzene rings is 2. The van der Waals surface area contributed by atoms with Gasteiger partial charge in [-0.2, -0.15) is 4.98 Å². The fraction of sp³-hybridized carbons (Fsp3) is 0.111. The Hall–Kier alpha value is -2.61. The van der Waals surface area contributed by atoms with E-state index in [2.05, 4.69) is 20.7 Å². The number of amides is 2. The van der Waals surface area contributed by atoms with E-state index in [0.717, 1.165) is 5.56 Å². The van der Waals surface area contributed by atoms with E-state index in [4.69, 9.17) is 34.8 Å². The molecule has 0 saturated carbocycles. The summed E-state index contributed by atoms with van der Waals surface area (Å²) in [5.41, 5.74) is 1.23. The van der Waals surface area contributed by atoms with Gasteiger partial charge in [0.2, 0.25) is 11.9 Å². The third-order valence-corrected chi connectivity index (χ3v) is 5.14. The average molecular weight is 437 g/mol. The van der Waals surface area contributed by atoms with Crippen molar-refractivity contribution in [3.8, 4) is 11.4 Å². The van der Waals surface area contributed by atoms with Crippen LogP contribution in [0.4, 0.5) is 11.6 Å². The second kappa shape index (κ2) is 7.43. The topological polar surface area (TPSA) is 88.9 Å². The van der Waals surface area contributed by atoms with Gasteiger partial charge < -0.3 is 5.32 Å². The molecular formula is C18H12Cl3N5O2. The summed E-state index contributed by atoms with van der Waals surface area (Å²) in [7, 11) is 0. The van der Waals surface area contributed by atoms with Crippen LogP contribution in [-0.4, -0.2) is 26.6 Å². The maximum Gasteiger partial charge on any atom is 0.252 e. The van der Waals surface area contributed by atoms with E-state index < -0.39 is 6.04 Å². The first-order chi connectivity index (χ1) is 13.4. The molecule has 0 aliphatic carbocycles. The van der Waals surface area contributed by atoms with Gasteiger partial charge in [-0.1, -0.05) is 34.8 Å². The van der Waals surface area contributed by atoms with E-state index in [1.54, 1.807) is 36.4 Å². The Morgan fingerprint density at radius 1 is 1.11 bits per heavy atom. The first-order valence-electron chi connectivity index (χ1n) is 8.19. The van der Waals surface area contributed by atoms with E-state index >= 15 is 0 Å². The maximum absolute atomic E-state index is 12.4. The Labute approximate surface area is 174 Å². The summed E-state index contributed by atoms with van der Waals surface area (Å²) in [5, 5.41) is 11.0. The molecule has 142 valence electrons. The Morgan fingerprint density at radius 2 is 1.86 bits per heavy atom. The van der Waals surface area contributed by atoms with E-state index in [1.807, 2.05) is 0 Å². The standard InChI is InChI=1S/C18H12Cl3N5O2/c19-10-3-1-9(2-4-10)16-23-18-24-17(28)14(26(18)25-16)8-15(27)22-11-5-6-12(20)13(21)7-11/h1-7,14H,8H2,(H,22,27)(H,23,24,25,28). The number of fused-ring (bicyclic) bond motifs is 1. The maximum atomic E-state index is 12.4. The third kappa shape index (κ3) is 3.69. The number of carbonyl (C=O) groups excluding carboxylic acids is 2. The Balaban J connectivity index is 1.51. The van der Waals surface area contributed by atoms with Crippen LogP contribution in [0.25, 0.3) is 11.4 Å². The quantitative estimate of drug-likeness (QED) is 0.633. The molecule has 0 radical (unpaired) electrons. The van der Waals surface area contributed by atoms with Crippen molar-refractivity contribution in [1.82, 2.24) is 14.8 Å². The lowest BCUT2D eigenvalue weighted by Gasteiger charge is -2.10. The first-order valence-corrected chi connectivity index (χ1v) is 9.32. The van der Waals surface area contributed by atoms with Crippen molar-refractivity contribution in [3.05, 3.63) is 57.5 Å². The fourth-order valence-electron chi connectivity index (χ4n) is 2.79. The van der Waals surface area contributed by atoms with Crippen molar-refractivity contribution in [2.45, 2.75) is 12.5 Å². The van der Waals surface area contributed by atoms with Gasteiger partial charge in [0, 0.05) is 16.3 Å². The predicted octanol–water partition coefficient (Wildman–Crippen LogP) is 4.43. The molecule has 2 N–H and O–H groups in total. The zero-order chi connectivity index (χ0) is 19.8. The zero-order valence-electron chi connectivity index (χ0n) is 14.1. The van der Waals surface area contributed by atoms with Crippen molar-refractivity contribution in [3.63, 3.8) is 0 Å². The molecule has 4 rings (SSSR count). The summed E-state index contributed by atoms with van der Waals surface area (Å²) in [6, 6.07) is 11.0. The second-order valence-corrected chi connectivity index (χ2v) is 7.35. The molecular weight excluding hydrogens is 425 g/mol. The largest absolute Gasteiger partial charge is 0.326 e. The van der Waals surface area contributed by atoms with Crippen molar-refractivity contribution in [2.24, 2.45) is 0 Å². The first kappa shape index (κ1) is 18.7. The molecule has 10 heteroatoms. The van der Waals surface area contributed by atoms with Crippen LogP contribution in [0, 0.1) is 0 Å². The highest BCUT2D eigenvalue weighted by atomic mass is 35.5. The molecule has 1 aliphatic heterocycles. The van der Waals surface area contributed by atoms with Gasteiger partial charge in [0.1, 0.15) is 6.04 Å². The molecule has 2 aromatic carbocycles. The number of anilines is 2. The molecule has 1 unspecified atom stereocenters. The van der Waals surface area contributed by atoms with E-state index in [9.17, 15) is 9.59 Å². The highest BCUT2D eigenvalue weighted by molar-refractivity contribution is 6.42. The minimum atomic E-state index is -0.800. The van der Waals surface area contributed by atoms with Gasteiger partial charge in [0.25, 0.3) is 5.91 Å². The highest BCUT2D eigenvalue weighted by Crippen LogP contribution is 2.29. The number of hydrogen-bond acceptors (Lipinski definition) is 4. The number of halogens is 3. The SMILES string of the molecule is O=C(CC1C(=O)Nc2nc(-c3ccc(Cl)cc3)nn21)Nc1ccc(Cl)c(Cl)c1. The summed E-state index contributed by atoms with van der Waals surface area (Å²) in [4.78, 5) is 28.9. The van der Waals surface area contributed by atoms with Crippen LogP contribution in [0.2, 0.25) is 15.1 Å². The van der Waals surface area contributed by atoms with Crippen molar-refractivity contribution >= 4 is 58.3 Å². The average Bonchev–Trinajstić information content (AvgIpc) is 3.18. The molecule has 0 spiro atoms. The second-order valence-electron chi connectivity index (χ2n) is 6.10. The van der Waals surface area contributed by atoms with Gasteiger partial charge in [-0.15, -0.1) is 5.10 Å². The van der Waals surface area contributed by atoms with Crippen molar-refractivity contribution in [2.75, 3.05) is 10.6 Å². The van der Waals surface area contributed by atoms with Gasteiger partial charge >= 0.3 is 0 Å². The number of aromatic nitrogens is 3. The van der Waals surface area contributed by atoms with Crippen molar-refractivity contribution in [1.29, 1.82) is 0 Å². The molecule has 1 aromatic heterocycles. The molecule has 2 heterocycles. The third-order valence-electron chi connectivity index (χ3n) is 4.15. The number of hydrogen-bond donors (Lipinski definition) is 2. The number of nitrogens with zero attached hydrogens (tertiary/aromatic N) is 3. The summed E-state index contributed by atoms with van der Waals surface area (Å²) in [6.45, 7) is 0. The van der Waals surface area contributed by atoms with Gasteiger partial charge in [0.05, 0.1) is 16.5 Å². The molecule has 1 atom stereocenters. The van der Waals surface area contributed by atoms with Gasteiger partial charge in [0.15, 0.2) is 5.82 Å². The van der Waals surface area contributed by atoms with E-state index in [0.29, 0.717) is 32.5 Å². The van der Waals surface area contributed by atoms with E-state index in [1.165, 1.54) is 10.7 Å². The lowest BCUT2D eigenvalue weighted by Crippen LogP contribution is -2.23. The van der Waals surface area contributed by atoms with Crippen LogP contribution < -0.4 is 10.6 Å². The summed E-state index contributed by atoms with van der Waals surface area (Å²) >= 11 is 17.7. The van der Waals surface area contributed by atoms with E-state index in [-0.39, 0.29) is 18.2 Å². The molecule has 28 heavy (non-hydrogen) atoms. The molecule has 0 bridgehead atoms. The zero-order valence-corrected chi connectivity index (χ0v) is 16.4. The molecule has 3 aromatic rings. The molecule has 0 fully saturated rings. The lowest BCUT2D eigenvalue weighted by molar-refractivity contribution is -0.123.